The summed E-state index contributed by atoms with van der Waals surface area (Å²) in [5.41, 5.74) is 0.0276. The van der Waals surface area contributed by atoms with E-state index in [9.17, 15) is 14.9 Å². The van der Waals surface area contributed by atoms with E-state index in [2.05, 4.69) is 31.3 Å². The Balaban J connectivity index is 1.64. The molecule has 9 nitrogen and oxygen atoms in total. The highest BCUT2D eigenvalue weighted by atomic mass is 79.9. The average Bonchev–Trinajstić information content (AvgIpc) is 3.11. The van der Waals surface area contributed by atoms with E-state index >= 15 is 0 Å². The lowest BCUT2D eigenvalue weighted by Crippen LogP contribution is -2.15. The quantitative estimate of drug-likeness (QED) is 0.486. The molecule has 26 heavy (non-hydrogen) atoms. The fourth-order valence-corrected chi connectivity index (χ4v) is 2.29. The number of nitro groups is 1. The molecule has 0 unspecified atom stereocenters. The standard InChI is InChI=1S/C16H12BrN5O4/c17-11-5-6-15(18-9-11)19-16(23)12-7-8-21(20-12)10-26-14-4-2-1-3-13(14)22(24)25/h1-9H,10H2,(H,18,19,23). The number of halogens is 1. The molecule has 0 aliphatic rings. The lowest BCUT2D eigenvalue weighted by molar-refractivity contribution is -0.386. The Bertz CT molecular complexity index is 942. The van der Waals surface area contributed by atoms with Crippen LogP contribution in [0.3, 0.4) is 0 Å². The second-order valence-corrected chi connectivity index (χ2v) is 5.97. The van der Waals surface area contributed by atoms with Gasteiger partial charge in [-0.25, -0.2) is 9.67 Å². The summed E-state index contributed by atoms with van der Waals surface area (Å²) in [6, 6.07) is 10.9. The Labute approximate surface area is 155 Å². The van der Waals surface area contributed by atoms with Crippen LogP contribution in [0.25, 0.3) is 0 Å². The van der Waals surface area contributed by atoms with E-state index in [1.807, 2.05) is 0 Å². The maximum Gasteiger partial charge on any atom is 0.311 e. The molecule has 1 amide bonds. The van der Waals surface area contributed by atoms with Gasteiger partial charge in [0.1, 0.15) is 5.82 Å². The molecule has 3 aromatic rings. The van der Waals surface area contributed by atoms with Crippen LogP contribution in [-0.4, -0.2) is 25.6 Å². The van der Waals surface area contributed by atoms with Crippen molar-refractivity contribution in [3.8, 4) is 5.75 Å². The molecule has 10 heteroatoms. The molecule has 1 aromatic carbocycles. The number of nitrogens with zero attached hydrogens (tertiary/aromatic N) is 4. The first kappa shape index (κ1) is 17.5. The van der Waals surface area contributed by atoms with Crippen molar-refractivity contribution in [1.29, 1.82) is 0 Å². The Kier molecular flexibility index (Phi) is 5.23. The third-order valence-corrected chi connectivity index (χ3v) is 3.73. The summed E-state index contributed by atoms with van der Waals surface area (Å²) in [7, 11) is 0. The first-order valence-electron chi connectivity index (χ1n) is 7.35. The monoisotopic (exact) mass is 417 g/mol. The van der Waals surface area contributed by atoms with E-state index in [0.717, 1.165) is 4.47 Å². The van der Waals surface area contributed by atoms with Gasteiger partial charge in [0, 0.05) is 22.9 Å². The van der Waals surface area contributed by atoms with E-state index in [1.54, 1.807) is 36.7 Å². The van der Waals surface area contributed by atoms with Gasteiger partial charge >= 0.3 is 5.69 Å². The smallest absolute Gasteiger partial charge is 0.311 e. The number of aromatic nitrogens is 3. The van der Waals surface area contributed by atoms with Gasteiger partial charge < -0.3 is 10.1 Å². The molecule has 0 spiro atoms. The molecule has 1 N–H and O–H groups in total. The number of ether oxygens (including phenoxy) is 1. The summed E-state index contributed by atoms with van der Waals surface area (Å²) < 4.78 is 7.58. The molecule has 0 saturated heterocycles. The number of carbonyl (C=O) groups excluding carboxylic acids is 1. The van der Waals surface area contributed by atoms with Crippen molar-refractivity contribution in [3.05, 3.63) is 75.1 Å². The number of pyridine rings is 1. The third kappa shape index (κ3) is 4.22. The van der Waals surface area contributed by atoms with E-state index in [1.165, 1.54) is 22.9 Å². The minimum absolute atomic E-state index is 0.0747. The number of nitro benzene ring substituents is 1. The van der Waals surface area contributed by atoms with Crippen LogP contribution in [0.2, 0.25) is 0 Å². The molecule has 0 radical (unpaired) electrons. The minimum atomic E-state index is -0.525. The molecule has 0 fully saturated rings. The van der Waals surface area contributed by atoms with Crippen LogP contribution in [0.4, 0.5) is 11.5 Å². The molecular formula is C16H12BrN5O4. The van der Waals surface area contributed by atoms with Gasteiger partial charge in [0.05, 0.1) is 4.92 Å². The molecule has 2 heterocycles. The number of carbonyl (C=O) groups is 1. The Morgan fingerprint density at radius 2 is 2.08 bits per heavy atom. The summed E-state index contributed by atoms with van der Waals surface area (Å²) in [6.07, 6.45) is 3.10. The third-order valence-electron chi connectivity index (χ3n) is 3.26. The summed E-state index contributed by atoms with van der Waals surface area (Å²) in [5.74, 6) is 0.0891. The number of para-hydroxylation sites is 2. The Morgan fingerprint density at radius 3 is 2.81 bits per heavy atom. The first-order valence-corrected chi connectivity index (χ1v) is 8.15. The minimum Gasteiger partial charge on any atom is -0.464 e. The van der Waals surface area contributed by atoms with Crippen molar-refractivity contribution in [1.82, 2.24) is 14.8 Å². The average molecular weight is 418 g/mol. The highest BCUT2D eigenvalue weighted by Crippen LogP contribution is 2.25. The molecule has 0 bridgehead atoms. The van der Waals surface area contributed by atoms with Gasteiger partial charge in [0.25, 0.3) is 5.91 Å². The molecule has 0 aliphatic carbocycles. The number of nitrogens with one attached hydrogen (secondary N) is 1. The van der Waals surface area contributed by atoms with Crippen LogP contribution < -0.4 is 10.1 Å². The summed E-state index contributed by atoms with van der Waals surface area (Å²) in [6.45, 7) is -0.0747. The number of rotatable bonds is 6. The van der Waals surface area contributed by atoms with E-state index in [-0.39, 0.29) is 23.9 Å². The predicted molar refractivity (Wildman–Crippen MR) is 95.8 cm³/mol. The maximum atomic E-state index is 12.2. The number of amides is 1. The van der Waals surface area contributed by atoms with Crippen molar-refractivity contribution >= 4 is 33.3 Å². The second-order valence-electron chi connectivity index (χ2n) is 5.05. The fraction of sp³-hybridized carbons (Fsp3) is 0.0625. The molecule has 0 saturated carbocycles. The summed E-state index contributed by atoms with van der Waals surface area (Å²) >= 11 is 3.26. The molecular weight excluding hydrogens is 406 g/mol. The predicted octanol–water partition coefficient (Wildman–Crippen LogP) is 3.24. The molecule has 2 aromatic heterocycles. The van der Waals surface area contributed by atoms with Crippen LogP contribution in [-0.2, 0) is 6.73 Å². The van der Waals surface area contributed by atoms with Crippen molar-refractivity contribution in [2.45, 2.75) is 6.73 Å². The molecule has 132 valence electrons. The van der Waals surface area contributed by atoms with Crippen molar-refractivity contribution in [2.75, 3.05) is 5.32 Å². The topological polar surface area (TPSA) is 112 Å². The van der Waals surface area contributed by atoms with Crippen molar-refractivity contribution in [2.24, 2.45) is 0 Å². The summed E-state index contributed by atoms with van der Waals surface area (Å²) in [5, 5.41) is 17.7. The Morgan fingerprint density at radius 1 is 1.27 bits per heavy atom. The van der Waals surface area contributed by atoms with Crippen LogP contribution >= 0.6 is 15.9 Å². The molecule has 0 atom stereocenters. The van der Waals surface area contributed by atoms with E-state index in [4.69, 9.17) is 4.74 Å². The SMILES string of the molecule is O=C(Nc1ccc(Br)cn1)c1ccn(COc2ccccc2[N+](=O)[O-])n1. The maximum absolute atomic E-state index is 12.2. The normalized spacial score (nSPS) is 10.3. The zero-order chi connectivity index (χ0) is 18.5. The lowest BCUT2D eigenvalue weighted by Gasteiger charge is -2.06. The van der Waals surface area contributed by atoms with E-state index < -0.39 is 10.8 Å². The highest BCUT2D eigenvalue weighted by molar-refractivity contribution is 9.10. The lowest BCUT2D eigenvalue weighted by atomic mass is 10.3. The number of benzene rings is 1. The van der Waals surface area contributed by atoms with Gasteiger partial charge in [-0.05, 0) is 40.2 Å². The van der Waals surface area contributed by atoms with Crippen LogP contribution in [0.15, 0.2) is 59.3 Å². The summed E-state index contributed by atoms with van der Waals surface area (Å²) in [4.78, 5) is 26.6. The first-order chi connectivity index (χ1) is 12.5. The number of hydrogen-bond acceptors (Lipinski definition) is 6. The molecule has 3 rings (SSSR count). The zero-order valence-electron chi connectivity index (χ0n) is 13.2. The van der Waals surface area contributed by atoms with Crippen LogP contribution in [0, 0.1) is 10.1 Å². The van der Waals surface area contributed by atoms with Crippen molar-refractivity contribution < 1.29 is 14.5 Å². The zero-order valence-corrected chi connectivity index (χ0v) is 14.8. The van der Waals surface area contributed by atoms with E-state index in [0.29, 0.717) is 5.82 Å². The Hall–Kier alpha value is -3.27. The van der Waals surface area contributed by atoms with Gasteiger partial charge in [-0.3, -0.25) is 14.9 Å². The molecule has 0 aliphatic heterocycles. The van der Waals surface area contributed by atoms with Gasteiger partial charge in [-0.15, -0.1) is 0 Å². The van der Waals surface area contributed by atoms with Gasteiger partial charge in [0.2, 0.25) is 0 Å². The fourth-order valence-electron chi connectivity index (χ4n) is 2.05. The second kappa shape index (κ2) is 7.74. The van der Waals surface area contributed by atoms with Gasteiger partial charge in [-0.1, -0.05) is 12.1 Å². The van der Waals surface area contributed by atoms with Crippen molar-refractivity contribution in [3.63, 3.8) is 0 Å². The van der Waals surface area contributed by atoms with Gasteiger partial charge in [0.15, 0.2) is 18.2 Å². The van der Waals surface area contributed by atoms with Gasteiger partial charge in [-0.2, -0.15) is 5.10 Å². The largest absolute Gasteiger partial charge is 0.464 e. The highest BCUT2D eigenvalue weighted by Gasteiger charge is 2.15. The van der Waals surface area contributed by atoms with Crippen LogP contribution in [0.1, 0.15) is 10.5 Å². The number of anilines is 1. The number of hydrogen-bond donors (Lipinski definition) is 1. The van der Waals surface area contributed by atoms with Crippen LogP contribution in [0.5, 0.6) is 5.75 Å².